The van der Waals surface area contributed by atoms with Crippen molar-refractivity contribution in [1.29, 1.82) is 0 Å². The van der Waals surface area contributed by atoms with Crippen molar-refractivity contribution in [1.82, 2.24) is 0 Å². The molecule has 2 rings (SSSR count). The second-order valence-corrected chi connectivity index (χ2v) is 10.6. The molecular formula is C24H34CaO6S2. The molecule has 0 aliphatic carbocycles. The fourth-order valence-electron chi connectivity index (χ4n) is 3.22. The summed E-state index contributed by atoms with van der Waals surface area (Å²) in [5.41, 5.74) is 1.85. The van der Waals surface area contributed by atoms with Gasteiger partial charge in [-0.3, -0.25) is 0 Å². The van der Waals surface area contributed by atoms with E-state index in [1.54, 1.807) is 12.1 Å². The van der Waals surface area contributed by atoms with Gasteiger partial charge in [0.25, 0.3) is 0 Å². The van der Waals surface area contributed by atoms with Crippen LogP contribution in [0.4, 0.5) is 0 Å². The molecule has 0 radical (unpaired) electrons. The zero-order valence-corrected chi connectivity index (χ0v) is 23.5. The molecule has 0 N–H and O–H groups in total. The monoisotopic (exact) mass is 522 g/mol. The van der Waals surface area contributed by atoms with E-state index in [0.717, 1.165) is 49.7 Å². The molecule has 0 saturated carbocycles. The van der Waals surface area contributed by atoms with E-state index in [2.05, 4.69) is 13.8 Å². The quantitative estimate of drug-likeness (QED) is 0.219. The first kappa shape index (κ1) is 32.5. The van der Waals surface area contributed by atoms with Gasteiger partial charge in [0.05, 0.1) is 9.79 Å². The molecule has 0 aromatic heterocycles. The maximum atomic E-state index is 10.8. The van der Waals surface area contributed by atoms with Crippen molar-refractivity contribution in [2.75, 3.05) is 0 Å². The Balaban J connectivity index is 0.000000602. The van der Waals surface area contributed by atoms with Gasteiger partial charge in [-0.25, -0.2) is 16.8 Å². The maximum Gasteiger partial charge on any atom is 2.00 e. The van der Waals surface area contributed by atoms with Crippen LogP contribution < -0.4 is 0 Å². The molecule has 0 unspecified atom stereocenters. The van der Waals surface area contributed by atoms with Crippen LogP contribution in [0, 0.1) is 0 Å². The summed E-state index contributed by atoms with van der Waals surface area (Å²) in [7, 11) is -8.62. The van der Waals surface area contributed by atoms with Gasteiger partial charge in [-0.15, -0.1) is 0 Å². The normalized spacial score (nSPS) is 11.3. The van der Waals surface area contributed by atoms with Crippen LogP contribution in [0.3, 0.4) is 0 Å². The molecule has 0 fully saturated rings. The summed E-state index contributed by atoms with van der Waals surface area (Å²) >= 11 is 0. The van der Waals surface area contributed by atoms with Crippen molar-refractivity contribution in [3.8, 4) is 0 Å². The standard InChI is InChI=1S/2C12H18O3S.Ca/c2*1-2-3-4-5-7-11-8-6-9-12(10-11)16(13,14)15;/h2*6,8-10H,2-5,7H2,1H3,(H,13,14,15);/q;;+2/p-2. The zero-order valence-electron chi connectivity index (χ0n) is 19.7. The number of hydrogen-bond acceptors (Lipinski definition) is 6. The second-order valence-electron chi connectivity index (χ2n) is 7.82. The van der Waals surface area contributed by atoms with E-state index in [4.69, 9.17) is 0 Å². The van der Waals surface area contributed by atoms with Crippen molar-refractivity contribution >= 4 is 58.0 Å². The third kappa shape index (κ3) is 14.5. The molecule has 0 amide bonds. The Labute approximate surface area is 229 Å². The van der Waals surface area contributed by atoms with Crippen LogP contribution in [0.1, 0.15) is 76.3 Å². The van der Waals surface area contributed by atoms with Crippen LogP contribution in [0.2, 0.25) is 0 Å². The molecule has 2 aromatic carbocycles. The maximum absolute atomic E-state index is 10.8. The largest absolute Gasteiger partial charge is 2.00 e. The van der Waals surface area contributed by atoms with Crippen molar-refractivity contribution in [3.63, 3.8) is 0 Å². The summed E-state index contributed by atoms with van der Waals surface area (Å²) in [4.78, 5) is -0.249. The van der Waals surface area contributed by atoms with Crippen molar-refractivity contribution in [3.05, 3.63) is 59.7 Å². The predicted octanol–water partition coefficient (Wildman–Crippen LogP) is 5.05. The third-order valence-corrected chi connectivity index (χ3v) is 6.67. The summed E-state index contributed by atoms with van der Waals surface area (Å²) in [5.74, 6) is 0. The number of hydrogen-bond donors (Lipinski definition) is 0. The van der Waals surface area contributed by atoms with E-state index in [0.29, 0.717) is 0 Å². The number of rotatable bonds is 12. The SMILES string of the molecule is CCCCCCc1cccc(S(=O)(=O)[O-])c1.CCCCCCc1cccc(S(=O)(=O)[O-])c1.[Ca+2]. The Morgan fingerprint density at radius 2 is 0.970 bits per heavy atom. The average Bonchev–Trinajstić information content (AvgIpc) is 2.74. The van der Waals surface area contributed by atoms with Gasteiger partial charge < -0.3 is 9.11 Å². The summed E-state index contributed by atoms with van der Waals surface area (Å²) in [5, 5.41) is 0. The topological polar surface area (TPSA) is 114 Å². The van der Waals surface area contributed by atoms with E-state index >= 15 is 0 Å². The van der Waals surface area contributed by atoms with Gasteiger partial charge in [-0.2, -0.15) is 0 Å². The van der Waals surface area contributed by atoms with Crippen LogP contribution in [0.25, 0.3) is 0 Å². The molecule has 0 aliphatic heterocycles. The van der Waals surface area contributed by atoms with Gasteiger partial charge in [0, 0.05) is 0 Å². The minimum atomic E-state index is -4.31. The first-order valence-corrected chi connectivity index (χ1v) is 14.0. The van der Waals surface area contributed by atoms with Crippen LogP contribution in [0.5, 0.6) is 0 Å². The minimum absolute atomic E-state index is 0. The van der Waals surface area contributed by atoms with Gasteiger partial charge in [0.15, 0.2) is 0 Å². The smallest absolute Gasteiger partial charge is 0.744 e. The second kappa shape index (κ2) is 17.0. The zero-order chi connectivity index (χ0) is 24.0. The third-order valence-electron chi connectivity index (χ3n) is 5.01. The Kier molecular flexibility index (Phi) is 16.8. The fourth-order valence-corrected chi connectivity index (χ4v) is 4.31. The molecular weight excluding hydrogens is 488 g/mol. The number of aryl methyl sites for hydroxylation is 2. The minimum Gasteiger partial charge on any atom is -0.744 e. The van der Waals surface area contributed by atoms with Gasteiger partial charge in [0.2, 0.25) is 0 Å². The molecule has 0 atom stereocenters. The molecule has 0 aliphatic rings. The average molecular weight is 523 g/mol. The summed E-state index contributed by atoms with van der Waals surface area (Å²) in [6.07, 6.45) is 10.8. The Bertz CT molecular complexity index is 937. The van der Waals surface area contributed by atoms with Crippen LogP contribution in [0.15, 0.2) is 58.3 Å². The first-order chi connectivity index (χ1) is 15.1. The molecule has 9 heteroatoms. The van der Waals surface area contributed by atoms with E-state index in [9.17, 15) is 25.9 Å². The van der Waals surface area contributed by atoms with Crippen LogP contribution >= 0.6 is 0 Å². The molecule has 33 heavy (non-hydrogen) atoms. The number of benzene rings is 2. The van der Waals surface area contributed by atoms with Gasteiger partial charge in [0.1, 0.15) is 20.2 Å². The van der Waals surface area contributed by atoms with E-state index < -0.39 is 20.2 Å². The van der Waals surface area contributed by atoms with Gasteiger partial charge in [-0.1, -0.05) is 76.6 Å². The van der Waals surface area contributed by atoms with Crippen molar-refractivity contribution in [2.24, 2.45) is 0 Å². The van der Waals surface area contributed by atoms with Crippen molar-refractivity contribution in [2.45, 2.75) is 87.8 Å². The molecule has 0 heterocycles. The molecule has 0 spiro atoms. The van der Waals surface area contributed by atoms with Crippen LogP contribution in [-0.4, -0.2) is 63.7 Å². The molecule has 0 bridgehead atoms. The van der Waals surface area contributed by atoms with Gasteiger partial charge >= 0.3 is 37.7 Å². The Morgan fingerprint density at radius 1 is 0.606 bits per heavy atom. The number of unbranched alkanes of at least 4 members (excludes halogenated alkanes) is 6. The summed E-state index contributed by atoms with van der Waals surface area (Å²) in [6, 6.07) is 12.6. The van der Waals surface area contributed by atoms with E-state index in [1.165, 1.54) is 49.9 Å². The fraction of sp³-hybridized carbons (Fsp3) is 0.500. The Morgan fingerprint density at radius 3 is 1.27 bits per heavy atom. The van der Waals surface area contributed by atoms with E-state index in [1.807, 2.05) is 12.1 Å². The Hall–Kier alpha value is -0.480. The first-order valence-electron chi connectivity index (χ1n) is 11.2. The van der Waals surface area contributed by atoms with E-state index in [-0.39, 0.29) is 47.5 Å². The summed E-state index contributed by atoms with van der Waals surface area (Å²) < 4.78 is 64.8. The molecule has 2 aromatic rings. The molecule has 0 saturated heterocycles. The van der Waals surface area contributed by atoms with Gasteiger partial charge in [-0.05, 0) is 61.1 Å². The van der Waals surface area contributed by atoms with Crippen LogP contribution in [-0.2, 0) is 33.1 Å². The predicted molar refractivity (Wildman–Crippen MR) is 130 cm³/mol. The molecule has 6 nitrogen and oxygen atoms in total. The molecule has 180 valence electrons. The van der Waals surface area contributed by atoms with Crippen molar-refractivity contribution < 1.29 is 25.9 Å². The summed E-state index contributed by atoms with van der Waals surface area (Å²) in [6.45, 7) is 4.29.